The van der Waals surface area contributed by atoms with Crippen molar-refractivity contribution >= 4 is 27.0 Å². The minimum absolute atomic E-state index is 0.258. The fourth-order valence-electron chi connectivity index (χ4n) is 3.32. The van der Waals surface area contributed by atoms with E-state index in [-0.39, 0.29) is 4.90 Å². The summed E-state index contributed by atoms with van der Waals surface area (Å²) in [6.07, 6.45) is 4.15. The Balaban J connectivity index is 1.69. The monoisotopic (exact) mass is 389 g/mol. The molecule has 26 heavy (non-hydrogen) atoms. The Hall–Kier alpha value is -2.19. The number of nitrogens with one attached hydrogen (secondary N) is 1. The minimum atomic E-state index is -3.68. The van der Waals surface area contributed by atoms with Crippen molar-refractivity contribution in [3.8, 4) is 10.7 Å². The molecule has 0 radical (unpaired) electrons. The molecule has 0 saturated heterocycles. The molecule has 1 aromatic carbocycles. The normalized spacial score (nSPS) is 14.2. The number of rotatable bonds is 4. The van der Waals surface area contributed by atoms with Gasteiger partial charge in [0, 0.05) is 11.8 Å². The van der Waals surface area contributed by atoms with Crippen molar-refractivity contribution in [2.24, 2.45) is 0 Å². The highest BCUT2D eigenvalue weighted by Gasteiger charge is 2.24. The summed E-state index contributed by atoms with van der Waals surface area (Å²) in [7, 11) is -3.68. The van der Waals surface area contributed by atoms with Crippen LogP contribution < -0.4 is 4.72 Å². The molecule has 1 aliphatic carbocycles. The number of hydrogen-bond donors (Lipinski definition) is 1. The number of aryl methyl sites for hydroxylation is 3. The van der Waals surface area contributed by atoms with Crippen LogP contribution in [0.3, 0.4) is 0 Å². The van der Waals surface area contributed by atoms with Crippen LogP contribution in [0.1, 0.15) is 34.7 Å². The number of nitrogens with zero attached hydrogens (tertiary/aromatic N) is 2. The smallest absolute Gasteiger partial charge is 0.263 e. The van der Waals surface area contributed by atoms with E-state index in [4.69, 9.17) is 4.52 Å². The van der Waals surface area contributed by atoms with Crippen molar-refractivity contribution < 1.29 is 12.9 Å². The molecule has 0 spiro atoms. The highest BCUT2D eigenvalue weighted by molar-refractivity contribution is 7.93. The molecular weight excluding hydrogens is 370 g/mol. The van der Waals surface area contributed by atoms with Crippen molar-refractivity contribution in [1.82, 2.24) is 10.1 Å². The quantitative estimate of drug-likeness (QED) is 0.726. The van der Waals surface area contributed by atoms with E-state index >= 15 is 0 Å². The van der Waals surface area contributed by atoms with Gasteiger partial charge in [-0.15, -0.1) is 11.3 Å². The lowest BCUT2D eigenvalue weighted by atomic mass is 9.91. The van der Waals surface area contributed by atoms with Crippen molar-refractivity contribution in [2.75, 3.05) is 4.72 Å². The van der Waals surface area contributed by atoms with Gasteiger partial charge in [0.2, 0.25) is 11.7 Å². The summed E-state index contributed by atoms with van der Waals surface area (Å²) >= 11 is 1.34. The lowest BCUT2D eigenvalue weighted by molar-refractivity contribution is 0.394. The van der Waals surface area contributed by atoms with Gasteiger partial charge in [0.1, 0.15) is 4.90 Å². The van der Waals surface area contributed by atoms with Crippen LogP contribution in [0.2, 0.25) is 0 Å². The van der Waals surface area contributed by atoms with Crippen LogP contribution >= 0.6 is 11.3 Å². The van der Waals surface area contributed by atoms with E-state index in [1.54, 1.807) is 19.9 Å². The predicted octanol–water partition coefficient (Wildman–Crippen LogP) is 4.09. The molecule has 0 fully saturated rings. The molecule has 8 heteroatoms. The molecule has 4 rings (SSSR count). The van der Waals surface area contributed by atoms with Crippen molar-refractivity contribution in [2.45, 2.75) is 44.4 Å². The molecule has 0 amide bonds. The molecular formula is C18H19N3O3S2. The average molecular weight is 390 g/mol. The average Bonchev–Trinajstić information content (AvgIpc) is 3.21. The Morgan fingerprint density at radius 2 is 2.00 bits per heavy atom. The molecule has 3 aromatic rings. The second-order valence-corrected chi connectivity index (χ2v) is 9.33. The number of fused-ring (bicyclic) bond motifs is 1. The van der Waals surface area contributed by atoms with E-state index in [9.17, 15) is 8.42 Å². The van der Waals surface area contributed by atoms with E-state index in [1.807, 2.05) is 12.1 Å². The topological polar surface area (TPSA) is 85.1 Å². The van der Waals surface area contributed by atoms with Crippen LogP contribution in [0.4, 0.5) is 5.69 Å². The first-order valence-corrected chi connectivity index (χ1v) is 10.8. The first kappa shape index (κ1) is 17.2. The van der Waals surface area contributed by atoms with Gasteiger partial charge in [-0.05, 0) is 55.9 Å². The summed E-state index contributed by atoms with van der Waals surface area (Å²) in [6.45, 7) is 3.49. The van der Waals surface area contributed by atoms with Crippen LogP contribution in [-0.4, -0.2) is 18.6 Å². The first-order valence-electron chi connectivity index (χ1n) is 8.49. The summed E-state index contributed by atoms with van der Waals surface area (Å²) in [4.78, 5) is 5.80. The first-order chi connectivity index (χ1) is 12.4. The van der Waals surface area contributed by atoms with E-state index in [0.29, 0.717) is 27.2 Å². The zero-order valence-electron chi connectivity index (χ0n) is 14.6. The molecule has 0 atom stereocenters. The van der Waals surface area contributed by atoms with Gasteiger partial charge in [0.25, 0.3) is 10.0 Å². The van der Waals surface area contributed by atoms with Gasteiger partial charge in [-0.1, -0.05) is 17.3 Å². The SMILES string of the molecule is Cc1nc(-c2cc(S(=O)(=O)Nc3cccc4c3CCCC4)c(C)s2)no1. The Morgan fingerprint density at radius 3 is 2.77 bits per heavy atom. The van der Waals surface area contributed by atoms with Crippen LogP contribution in [0.15, 0.2) is 33.7 Å². The second-order valence-electron chi connectivity index (χ2n) is 6.42. The molecule has 1 aliphatic rings. The molecule has 6 nitrogen and oxygen atoms in total. The number of anilines is 1. The van der Waals surface area contributed by atoms with Crippen LogP contribution in [0.5, 0.6) is 0 Å². The van der Waals surface area contributed by atoms with Gasteiger partial charge in [-0.25, -0.2) is 8.42 Å². The summed E-state index contributed by atoms with van der Waals surface area (Å²) in [5, 5.41) is 3.87. The highest BCUT2D eigenvalue weighted by atomic mass is 32.2. The maximum absolute atomic E-state index is 13.0. The third-order valence-electron chi connectivity index (χ3n) is 4.55. The summed E-state index contributed by atoms with van der Waals surface area (Å²) in [6, 6.07) is 7.45. The minimum Gasteiger partial charge on any atom is -0.339 e. The van der Waals surface area contributed by atoms with Gasteiger partial charge in [-0.3, -0.25) is 4.72 Å². The Labute approximate surface area is 156 Å². The zero-order chi connectivity index (χ0) is 18.3. The van der Waals surface area contributed by atoms with Gasteiger partial charge in [0.15, 0.2) is 0 Å². The lowest BCUT2D eigenvalue weighted by Gasteiger charge is -2.20. The molecule has 2 heterocycles. The van der Waals surface area contributed by atoms with Gasteiger partial charge in [-0.2, -0.15) is 4.98 Å². The molecule has 0 aliphatic heterocycles. The molecule has 136 valence electrons. The third-order valence-corrected chi connectivity index (χ3v) is 7.22. The van der Waals surface area contributed by atoms with Gasteiger partial charge in [0.05, 0.1) is 10.6 Å². The number of thiophene rings is 1. The van der Waals surface area contributed by atoms with Gasteiger partial charge < -0.3 is 4.52 Å². The van der Waals surface area contributed by atoms with Crippen LogP contribution in [-0.2, 0) is 22.9 Å². The van der Waals surface area contributed by atoms with Gasteiger partial charge >= 0.3 is 0 Å². The van der Waals surface area contributed by atoms with E-state index in [0.717, 1.165) is 31.2 Å². The van der Waals surface area contributed by atoms with Crippen molar-refractivity contribution in [3.63, 3.8) is 0 Å². The maximum Gasteiger partial charge on any atom is 0.263 e. The molecule has 1 N–H and O–H groups in total. The second kappa shape index (κ2) is 6.51. The zero-order valence-corrected chi connectivity index (χ0v) is 16.2. The van der Waals surface area contributed by atoms with E-state index in [2.05, 4.69) is 20.9 Å². The van der Waals surface area contributed by atoms with E-state index in [1.165, 1.54) is 16.9 Å². The van der Waals surface area contributed by atoms with E-state index < -0.39 is 10.0 Å². The Morgan fingerprint density at radius 1 is 1.19 bits per heavy atom. The lowest BCUT2D eigenvalue weighted by Crippen LogP contribution is -2.16. The predicted molar refractivity (Wildman–Crippen MR) is 101 cm³/mol. The van der Waals surface area contributed by atoms with Crippen LogP contribution in [0, 0.1) is 13.8 Å². The standard InChI is InChI=1S/C18H19N3O3S2/c1-11-17(10-16(25-11)18-19-12(2)24-20-18)26(22,23)21-15-9-5-7-13-6-3-4-8-14(13)15/h5,7,9-10,21H,3-4,6,8H2,1-2H3. The molecule has 0 unspecified atom stereocenters. The van der Waals surface area contributed by atoms with Crippen LogP contribution in [0.25, 0.3) is 10.7 Å². The number of benzene rings is 1. The van der Waals surface area contributed by atoms with Crippen molar-refractivity contribution in [3.05, 3.63) is 46.2 Å². The maximum atomic E-state index is 13.0. The highest BCUT2D eigenvalue weighted by Crippen LogP contribution is 2.34. The largest absolute Gasteiger partial charge is 0.339 e. The fraction of sp³-hybridized carbons (Fsp3) is 0.333. The molecule has 0 saturated carbocycles. The summed E-state index contributed by atoms with van der Waals surface area (Å²) in [5.41, 5.74) is 3.04. The number of aromatic nitrogens is 2. The van der Waals surface area contributed by atoms with Crippen molar-refractivity contribution in [1.29, 1.82) is 0 Å². The Kier molecular flexibility index (Phi) is 4.32. The summed E-state index contributed by atoms with van der Waals surface area (Å²) in [5.74, 6) is 0.860. The summed E-state index contributed by atoms with van der Waals surface area (Å²) < 4.78 is 33.8. The third kappa shape index (κ3) is 3.14. The molecule has 0 bridgehead atoms. The Bertz CT molecular complexity index is 1070. The number of sulfonamides is 1. The molecule has 2 aromatic heterocycles. The fourth-order valence-corrected chi connectivity index (χ4v) is 5.93. The number of hydrogen-bond acceptors (Lipinski definition) is 6.